The minimum absolute atomic E-state index is 0.00184. The number of halogens is 1. The summed E-state index contributed by atoms with van der Waals surface area (Å²) >= 11 is 4.94. The lowest BCUT2D eigenvalue weighted by molar-refractivity contribution is -0.130. The van der Waals surface area contributed by atoms with Crippen molar-refractivity contribution in [2.75, 3.05) is 18.9 Å². The number of likely N-dealkylation sites (tertiary alicyclic amines) is 1. The zero-order valence-corrected chi connectivity index (χ0v) is 13.3. The van der Waals surface area contributed by atoms with Gasteiger partial charge in [0.05, 0.1) is 18.4 Å². The average Bonchev–Trinajstić information content (AvgIpc) is 2.79. The third-order valence-corrected chi connectivity index (χ3v) is 5.09. The Morgan fingerprint density at radius 3 is 2.79 bits per heavy atom. The van der Waals surface area contributed by atoms with Gasteiger partial charge in [-0.05, 0) is 36.6 Å². The van der Waals surface area contributed by atoms with Crippen molar-refractivity contribution in [1.29, 1.82) is 0 Å². The molecule has 0 aromatic heterocycles. The quantitative estimate of drug-likeness (QED) is 0.854. The van der Waals surface area contributed by atoms with E-state index in [-0.39, 0.29) is 18.6 Å². The summed E-state index contributed by atoms with van der Waals surface area (Å²) in [5.74, 6) is 0.952. The summed E-state index contributed by atoms with van der Waals surface area (Å²) in [4.78, 5) is 15.1. The number of hydrogen-bond acceptors (Lipinski definition) is 3. The van der Waals surface area contributed by atoms with E-state index in [0.29, 0.717) is 11.7 Å². The fourth-order valence-electron chi connectivity index (χ4n) is 2.36. The maximum atomic E-state index is 12.2. The van der Waals surface area contributed by atoms with E-state index in [2.05, 4.69) is 22.9 Å². The summed E-state index contributed by atoms with van der Waals surface area (Å²) in [5.41, 5.74) is 0. The second-order valence-corrected chi connectivity index (χ2v) is 6.81. The first-order chi connectivity index (χ1) is 9.11. The molecule has 19 heavy (non-hydrogen) atoms. The van der Waals surface area contributed by atoms with E-state index in [0.717, 1.165) is 22.3 Å². The first-order valence-electron chi connectivity index (χ1n) is 6.40. The second kappa shape index (κ2) is 6.77. The van der Waals surface area contributed by atoms with Gasteiger partial charge in [-0.2, -0.15) is 0 Å². The van der Waals surface area contributed by atoms with Crippen LogP contribution in [0.25, 0.3) is 0 Å². The molecule has 2 atom stereocenters. The Kier molecular flexibility index (Phi) is 5.30. The Bertz CT molecular complexity index is 438. The summed E-state index contributed by atoms with van der Waals surface area (Å²) in [6, 6.07) is 7.94. The van der Waals surface area contributed by atoms with Crippen molar-refractivity contribution in [1.82, 2.24) is 4.90 Å². The van der Waals surface area contributed by atoms with Crippen LogP contribution in [-0.4, -0.2) is 40.9 Å². The third-order valence-electron chi connectivity index (χ3n) is 3.57. The number of thioether (sulfide) groups is 1. The Morgan fingerprint density at radius 2 is 2.16 bits per heavy atom. The van der Waals surface area contributed by atoms with Crippen molar-refractivity contribution in [3.63, 3.8) is 0 Å². The summed E-state index contributed by atoms with van der Waals surface area (Å²) in [5, 5.41) is 9.37. The number of carbonyl (C=O) groups excluding carboxylic acids is 1. The number of aliphatic hydroxyl groups excluding tert-OH is 1. The summed E-state index contributed by atoms with van der Waals surface area (Å²) in [7, 11) is 0. The molecule has 1 fully saturated rings. The maximum absolute atomic E-state index is 12.2. The predicted octanol–water partition coefficient (Wildman–Crippen LogP) is 2.77. The van der Waals surface area contributed by atoms with Crippen molar-refractivity contribution in [2.45, 2.75) is 24.3 Å². The molecule has 0 radical (unpaired) electrons. The van der Waals surface area contributed by atoms with Gasteiger partial charge in [0.1, 0.15) is 0 Å². The van der Waals surface area contributed by atoms with E-state index < -0.39 is 0 Å². The zero-order valence-electron chi connectivity index (χ0n) is 10.9. The number of hydrogen-bond donors (Lipinski definition) is 1. The molecule has 104 valence electrons. The van der Waals surface area contributed by atoms with Gasteiger partial charge in [0, 0.05) is 15.9 Å². The van der Waals surface area contributed by atoms with Gasteiger partial charge in [-0.15, -0.1) is 11.8 Å². The monoisotopic (exact) mass is 343 g/mol. The number of carbonyl (C=O) groups is 1. The lowest BCUT2D eigenvalue weighted by atomic mass is 10.0. The fraction of sp³-hybridized carbons (Fsp3) is 0.500. The van der Waals surface area contributed by atoms with Crippen LogP contribution < -0.4 is 0 Å². The lowest BCUT2D eigenvalue weighted by Crippen LogP contribution is -2.40. The fourth-order valence-corrected chi connectivity index (χ4v) is 3.40. The number of amides is 1. The molecule has 1 saturated heterocycles. The Labute approximate surface area is 126 Å². The van der Waals surface area contributed by atoms with Gasteiger partial charge in [-0.1, -0.05) is 22.9 Å². The van der Waals surface area contributed by atoms with Gasteiger partial charge >= 0.3 is 0 Å². The molecular weight excluding hydrogens is 326 g/mol. The highest BCUT2D eigenvalue weighted by atomic mass is 79.9. The van der Waals surface area contributed by atoms with E-state index in [4.69, 9.17) is 0 Å². The van der Waals surface area contributed by atoms with Crippen LogP contribution in [0.1, 0.15) is 13.3 Å². The first kappa shape index (κ1) is 14.9. The molecule has 2 rings (SSSR count). The normalized spacial score (nSPS) is 22.8. The van der Waals surface area contributed by atoms with Gasteiger partial charge in [-0.3, -0.25) is 4.79 Å². The predicted molar refractivity (Wildman–Crippen MR) is 81.2 cm³/mol. The van der Waals surface area contributed by atoms with Crippen LogP contribution in [0, 0.1) is 5.92 Å². The van der Waals surface area contributed by atoms with E-state index in [1.165, 1.54) is 0 Å². The molecule has 1 aliphatic heterocycles. The van der Waals surface area contributed by atoms with Crippen molar-refractivity contribution in [3.05, 3.63) is 28.7 Å². The topological polar surface area (TPSA) is 40.5 Å². The molecule has 1 aromatic carbocycles. The van der Waals surface area contributed by atoms with E-state index in [9.17, 15) is 9.90 Å². The van der Waals surface area contributed by atoms with Crippen molar-refractivity contribution < 1.29 is 9.90 Å². The molecule has 5 heteroatoms. The Morgan fingerprint density at radius 1 is 1.47 bits per heavy atom. The van der Waals surface area contributed by atoms with Crippen LogP contribution in [0.15, 0.2) is 33.6 Å². The van der Waals surface area contributed by atoms with Gasteiger partial charge in [0.25, 0.3) is 0 Å². The summed E-state index contributed by atoms with van der Waals surface area (Å²) in [6.07, 6.45) is 0.986. The number of nitrogens with zero attached hydrogens (tertiary/aromatic N) is 1. The molecule has 1 heterocycles. The smallest absolute Gasteiger partial charge is 0.233 e. The molecule has 0 bridgehead atoms. The van der Waals surface area contributed by atoms with Crippen LogP contribution in [0.4, 0.5) is 0 Å². The standard InChI is InChI=1S/C14H18BrNO2S/c1-10-6-7-16(13(10)8-17)14(18)9-19-12-4-2-11(15)3-5-12/h2-5,10,13,17H,6-9H2,1H3. The second-order valence-electron chi connectivity index (χ2n) is 4.85. The van der Waals surface area contributed by atoms with Crippen LogP contribution in [-0.2, 0) is 4.79 Å². The summed E-state index contributed by atoms with van der Waals surface area (Å²) < 4.78 is 1.04. The molecule has 1 aromatic rings. The molecule has 0 saturated carbocycles. The van der Waals surface area contributed by atoms with Gasteiger partial charge < -0.3 is 10.0 Å². The van der Waals surface area contributed by atoms with E-state index in [1.807, 2.05) is 29.2 Å². The lowest BCUT2D eigenvalue weighted by Gasteiger charge is -2.25. The number of benzene rings is 1. The highest BCUT2D eigenvalue weighted by Gasteiger charge is 2.33. The Balaban J connectivity index is 1.89. The molecule has 1 N–H and O–H groups in total. The minimum Gasteiger partial charge on any atom is -0.394 e. The maximum Gasteiger partial charge on any atom is 0.233 e. The third kappa shape index (κ3) is 3.74. The van der Waals surface area contributed by atoms with Gasteiger partial charge in [0.2, 0.25) is 5.91 Å². The van der Waals surface area contributed by atoms with E-state index >= 15 is 0 Å². The molecular formula is C14H18BrNO2S. The molecule has 0 aliphatic carbocycles. The number of rotatable bonds is 4. The van der Waals surface area contributed by atoms with Gasteiger partial charge in [-0.25, -0.2) is 0 Å². The molecule has 1 amide bonds. The van der Waals surface area contributed by atoms with E-state index in [1.54, 1.807) is 11.8 Å². The SMILES string of the molecule is CC1CCN(C(=O)CSc2ccc(Br)cc2)C1CO. The first-order valence-corrected chi connectivity index (χ1v) is 8.18. The highest BCUT2D eigenvalue weighted by molar-refractivity contribution is 9.10. The van der Waals surface area contributed by atoms with Crippen molar-refractivity contribution in [2.24, 2.45) is 5.92 Å². The zero-order chi connectivity index (χ0) is 13.8. The van der Waals surface area contributed by atoms with Crippen molar-refractivity contribution in [3.8, 4) is 0 Å². The van der Waals surface area contributed by atoms with Crippen LogP contribution in [0.2, 0.25) is 0 Å². The molecule has 0 spiro atoms. The van der Waals surface area contributed by atoms with Gasteiger partial charge in [0.15, 0.2) is 0 Å². The van der Waals surface area contributed by atoms with Crippen LogP contribution >= 0.6 is 27.7 Å². The Hall–Kier alpha value is -0.520. The molecule has 1 aliphatic rings. The minimum atomic E-state index is -0.00184. The average molecular weight is 344 g/mol. The highest BCUT2D eigenvalue weighted by Crippen LogP contribution is 2.26. The largest absolute Gasteiger partial charge is 0.394 e. The summed E-state index contributed by atoms with van der Waals surface area (Å²) in [6.45, 7) is 2.93. The van der Waals surface area contributed by atoms with Crippen molar-refractivity contribution >= 4 is 33.6 Å². The number of aliphatic hydroxyl groups is 1. The van der Waals surface area contributed by atoms with Crippen LogP contribution in [0.5, 0.6) is 0 Å². The van der Waals surface area contributed by atoms with Crippen LogP contribution in [0.3, 0.4) is 0 Å². The molecule has 3 nitrogen and oxygen atoms in total. The molecule has 2 unspecified atom stereocenters.